The molecule has 1 atom stereocenters. The van der Waals surface area contributed by atoms with Crippen molar-refractivity contribution in [3.63, 3.8) is 0 Å². The lowest BCUT2D eigenvalue weighted by atomic mass is 10.2. The maximum atomic E-state index is 11.0. The summed E-state index contributed by atoms with van der Waals surface area (Å²) in [7, 11) is 0. The molecule has 0 saturated heterocycles. The van der Waals surface area contributed by atoms with E-state index in [1.165, 1.54) is 6.20 Å². The Morgan fingerprint density at radius 2 is 1.94 bits per heavy atom. The van der Waals surface area contributed by atoms with Crippen LogP contribution in [0.5, 0.6) is 0 Å². The molecular formula is C10H4Cl2N3O2S-. The van der Waals surface area contributed by atoms with E-state index in [1.807, 2.05) is 0 Å². The van der Waals surface area contributed by atoms with Crippen LogP contribution < -0.4 is 0 Å². The summed E-state index contributed by atoms with van der Waals surface area (Å²) in [6, 6.07) is 4.96. The van der Waals surface area contributed by atoms with Crippen molar-refractivity contribution < 1.29 is 8.76 Å². The van der Waals surface area contributed by atoms with Gasteiger partial charge in [0.25, 0.3) is 0 Å². The third kappa shape index (κ3) is 1.69. The van der Waals surface area contributed by atoms with Gasteiger partial charge in [-0.15, -0.1) is 0 Å². The first-order chi connectivity index (χ1) is 8.58. The van der Waals surface area contributed by atoms with Crippen molar-refractivity contribution >= 4 is 56.3 Å². The number of hydrogen-bond acceptors (Lipinski definition) is 4. The van der Waals surface area contributed by atoms with Crippen LogP contribution in [-0.2, 0) is 11.3 Å². The summed E-state index contributed by atoms with van der Waals surface area (Å²) in [6.45, 7) is 0. The van der Waals surface area contributed by atoms with Crippen molar-refractivity contribution in [3.05, 3.63) is 34.8 Å². The number of hydrogen-bond donors (Lipinski definition) is 0. The number of rotatable bonds is 1. The Kier molecular flexibility index (Phi) is 2.74. The SMILES string of the molecule is O=S([O-])n1ccc2c3nc(Cl)nc(Cl)c3ccc21. The van der Waals surface area contributed by atoms with Crippen LogP contribution in [0.25, 0.3) is 21.8 Å². The first-order valence-electron chi connectivity index (χ1n) is 4.80. The third-order valence-electron chi connectivity index (χ3n) is 2.59. The summed E-state index contributed by atoms with van der Waals surface area (Å²) >= 11 is 9.36. The fraction of sp³-hybridized carbons (Fsp3) is 0. The van der Waals surface area contributed by atoms with Crippen LogP contribution in [0.3, 0.4) is 0 Å². The van der Waals surface area contributed by atoms with Crippen molar-refractivity contribution in [3.8, 4) is 0 Å². The van der Waals surface area contributed by atoms with Gasteiger partial charge in [0.05, 0.1) is 22.3 Å². The summed E-state index contributed by atoms with van der Waals surface area (Å²) in [6.07, 6.45) is 1.44. The Balaban J connectivity index is 2.50. The summed E-state index contributed by atoms with van der Waals surface area (Å²) in [5.74, 6) is 0. The second-order valence-corrected chi connectivity index (χ2v) is 5.06. The fourth-order valence-corrected chi connectivity index (χ4v) is 2.78. The van der Waals surface area contributed by atoms with Gasteiger partial charge >= 0.3 is 0 Å². The standard InChI is InChI=1S/C10H5Cl2N3O2S/c11-9-6-1-2-7-5(3-4-15(7)18(16)17)8(6)13-10(12)14-9/h1-4H,(H,16,17)/p-1. The zero-order valence-electron chi connectivity index (χ0n) is 8.63. The molecule has 8 heteroatoms. The Bertz CT molecular complexity index is 803. The lowest BCUT2D eigenvalue weighted by molar-refractivity contribution is 0.529. The van der Waals surface area contributed by atoms with E-state index in [0.717, 1.165) is 3.97 Å². The van der Waals surface area contributed by atoms with E-state index in [1.54, 1.807) is 18.2 Å². The van der Waals surface area contributed by atoms with Gasteiger partial charge in [-0.25, -0.2) is 9.97 Å². The number of nitrogens with zero attached hydrogens (tertiary/aromatic N) is 3. The highest BCUT2D eigenvalue weighted by Crippen LogP contribution is 2.29. The molecule has 2 aromatic heterocycles. The fourth-order valence-electron chi connectivity index (χ4n) is 1.85. The summed E-state index contributed by atoms with van der Waals surface area (Å²) < 4.78 is 23.2. The van der Waals surface area contributed by atoms with Crippen LogP contribution >= 0.6 is 23.2 Å². The van der Waals surface area contributed by atoms with Crippen LogP contribution in [0.15, 0.2) is 24.4 Å². The minimum atomic E-state index is -2.37. The van der Waals surface area contributed by atoms with E-state index >= 15 is 0 Å². The van der Waals surface area contributed by atoms with Crippen LogP contribution in [-0.4, -0.2) is 22.7 Å². The molecule has 0 bridgehead atoms. The molecule has 0 radical (unpaired) electrons. The van der Waals surface area contributed by atoms with Gasteiger partial charge in [-0.2, -0.15) is 0 Å². The molecule has 0 fully saturated rings. The molecule has 0 amide bonds. The quantitative estimate of drug-likeness (QED) is 0.393. The van der Waals surface area contributed by atoms with Gasteiger partial charge in [0, 0.05) is 17.0 Å². The molecule has 3 rings (SSSR count). The normalized spacial score (nSPS) is 13.3. The summed E-state index contributed by atoms with van der Waals surface area (Å²) in [5, 5.41) is 1.55. The predicted octanol–water partition coefficient (Wildman–Crippen LogP) is 2.53. The van der Waals surface area contributed by atoms with E-state index in [4.69, 9.17) is 23.2 Å². The van der Waals surface area contributed by atoms with E-state index in [-0.39, 0.29) is 10.4 Å². The molecule has 18 heavy (non-hydrogen) atoms. The monoisotopic (exact) mass is 300 g/mol. The van der Waals surface area contributed by atoms with Crippen LogP contribution in [0.4, 0.5) is 0 Å². The number of fused-ring (bicyclic) bond motifs is 3. The highest BCUT2D eigenvalue weighted by molar-refractivity contribution is 7.77. The average Bonchev–Trinajstić information content (AvgIpc) is 2.72. The molecule has 0 spiro atoms. The molecule has 1 aromatic carbocycles. The van der Waals surface area contributed by atoms with Crippen molar-refractivity contribution in [1.82, 2.24) is 13.9 Å². The van der Waals surface area contributed by atoms with Gasteiger partial charge in [0.15, 0.2) is 0 Å². The van der Waals surface area contributed by atoms with Gasteiger partial charge in [-0.3, -0.25) is 8.18 Å². The molecule has 1 unspecified atom stereocenters. The smallest absolute Gasteiger partial charge is 0.224 e. The van der Waals surface area contributed by atoms with E-state index in [2.05, 4.69) is 9.97 Å². The predicted molar refractivity (Wildman–Crippen MR) is 69.4 cm³/mol. The zero-order chi connectivity index (χ0) is 12.9. The minimum absolute atomic E-state index is 0.0241. The van der Waals surface area contributed by atoms with Crippen molar-refractivity contribution in [2.75, 3.05) is 0 Å². The lowest BCUT2D eigenvalue weighted by Crippen LogP contribution is -2.00. The van der Waals surface area contributed by atoms with Crippen LogP contribution in [0.2, 0.25) is 10.4 Å². The van der Waals surface area contributed by atoms with Crippen LogP contribution in [0, 0.1) is 0 Å². The minimum Gasteiger partial charge on any atom is -0.755 e. The Morgan fingerprint density at radius 1 is 1.17 bits per heavy atom. The summed E-state index contributed by atoms with van der Waals surface area (Å²) in [5.41, 5.74) is 1.04. The highest BCUT2D eigenvalue weighted by atomic mass is 35.5. The van der Waals surface area contributed by atoms with Gasteiger partial charge in [-0.05, 0) is 29.8 Å². The molecule has 0 aliphatic carbocycles. The lowest BCUT2D eigenvalue weighted by Gasteiger charge is -2.08. The van der Waals surface area contributed by atoms with Gasteiger partial charge in [0.1, 0.15) is 5.15 Å². The Hall–Kier alpha value is -1.21. The number of benzene rings is 1. The first kappa shape index (κ1) is 11.9. The van der Waals surface area contributed by atoms with E-state index < -0.39 is 11.3 Å². The first-order valence-corrected chi connectivity index (χ1v) is 6.59. The van der Waals surface area contributed by atoms with Gasteiger partial charge < -0.3 is 4.55 Å². The second kappa shape index (κ2) is 4.17. The van der Waals surface area contributed by atoms with Gasteiger partial charge in [-0.1, -0.05) is 11.6 Å². The highest BCUT2D eigenvalue weighted by Gasteiger charge is 2.11. The van der Waals surface area contributed by atoms with Gasteiger partial charge in [0.2, 0.25) is 5.28 Å². The van der Waals surface area contributed by atoms with Crippen molar-refractivity contribution in [1.29, 1.82) is 0 Å². The van der Waals surface area contributed by atoms with Crippen LogP contribution in [0.1, 0.15) is 0 Å². The van der Waals surface area contributed by atoms with Crippen molar-refractivity contribution in [2.45, 2.75) is 0 Å². The molecular weight excluding hydrogens is 297 g/mol. The average molecular weight is 301 g/mol. The third-order valence-corrected chi connectivity index (χ3v) is 3.68. The largest absolute Gasteiger partial charge is 0.755 e. The number of aromatic nitrogens is 3. The maximum absolute atomic E-state index is 11.0. The van der Waals surface area contributed by atoms with Crippen molar-refractivity contribution in [2.24, 2.45) is 0 Å². The Labute approximate surface area is 114 Å². The maximum Gasteiger partial charge on any atom is 0.224 e. The molecule has 0 aliphatic rings. The molecule has 5 nitrogen and oxygen atoms in total. The second-order valence-electron chi connectivity index (χ2n) is 3.54. The number of halogens is 2. The molecule has 3 aromatic rings. The molecule has 2 heterocycles. The summed E-state index contributed by atoms with van der Waals surface area (Å²) in [4.78, 5) is 7.93. The molecule has 92 valence electrons. The topological polar surface area (TPSA) is 70.8 Å². The van der Waals surface area contributed by atoms with E-state index in [9.17, 15) is 8.76 Å². The molecule has 0 N–H and O–H groups in total. The molecule has 0 aliphatic heterocycles. The zero-order valence-corrected chi connectivity index (χ0v) is 11.0. The Morgan fingerprint density at radius 3 is 2.67 bits per heavy atom. The molecule has 0 saturated carbocycles. The van der Waals surface area contributed by atoms with E-state index in [0.29, 0.717) is 21.8 Å².